The third-order valence-corrected chi connectivity index (χ3v) is 87.8. The van der Waals surface area contributed by atoms with Crippen LogP contribution in [0.5, 0.6) is 0 Å². The Hall–Kier alpha value is 0.0208. The molecule has 4 rings (SSSR count). The van der Waals surface area contributed by atoms with E-state index in [-0.39, 0.29) is 7.35 Å². The molecule has 195 valence electrons. The van der Waals surface area contributed by atoms with E-state index in [1.54, 1.807) is 10.4 Å². The van der Waals surface area contributed by atoms with Crippen LogP contribution in [0.15, 0.2) is 34.7 Å². The van der Waals surface area contributed by atoms with Gasteiger partial charge in [0.05, 0.1) is 0 Å². The van der Waals surface area contributed by atoms with Crippen molar-refractivity contribution in [2.45, 2.75) is 87.4 Å². The molecule has 2 aliphatic rings. The van der Waals surface area contributed by atoms with Crippen LogP contribution in [0, 0.1) is 27.7 Å². The van der Waals surface area contributed by atoms with Crippen molar-refractivity contribution in [1.82, 2.24) is 0 Å². The minimum absolute atomic E-state index is 0.231. The van der Waals surface area contributed by atoms with Gasteiger partial charge in [-0.2, -0.15) is 0 Å². The van der Waals surface area contributed by atoms with E-state index in [1.165, 1.54) is 44.5 Å². The first-order valence-electron chi connectivity index (χ1n) is 13.5. The maximum absolute atomic E-state index is 8.66. The van der Waals surface area contributed by atoms with E-state index >= 15 is 0 Å². The molecule has 2 aromatic carbocycles. The predicted octanol–water partition coefficient (Wildman–Crippen LogP) is 10.2. The normalized spacial score (nSPS) is 21.1. The number of benzene rings is 2. The fourth-order valence-electron chi connectivity index (χ4n) is 6.93. The molecule has 0 heterocycles. The second-order valence-electron chi connectivity index (χ2n) is 14.0. The molecule has 2 unspecified atom stereocenters. The van der Waals surface area contributed by atoms with Crippen molar-refractivity contribution in [3.05, 3.63) is 79.2 Å². The minimum atomic E-state index is -4.85. The van der Waals surface area contributed by atoms with E-state index in [1.807, 2.05) is 0 Å². The van der Waals surface area contributed by atoms with Crippen LogP contribution in [0.4, 0.5) is 0 Å². The van der Waals surface area contributed by atoms with Crippen molar-refractivity contribution in [3.8, 4) is 0 Å². The number of aryl methyl sites for hydroxylation is 4. The Balaban J connectivity index is 2.18. The van der Waals surface area contributed by atoms with Crippen LogP contribution in [-0.4, -0.2) is 22.1 Å². The molecule has 0 fully saturated rings. The topological polar surface area (TPSA) is 0 Å². The molecule has 0 aliphatic heterocycles. The molecular formula is C30H45Cl2HfSi3. The third kappa shape index (κ3) is 4.20. The molecule has 2 aromatic rings. The van der Waals surface area contributed by atoms with Gasteiger partial charge in [0.1, 0.15) is 0 Å². The Kier molecular flexibility index (Phi) is 7.27. The Bertz CT molecular complexity index is 1230. The van der Waals surface area contributed by atoms with Gasteiger partial charge in [-0.1, -0.05) is 0 Å². The van der Waals surface area contributed by atoms with Crippen LogP contribution in [0.2, 0.25) is 52.4 Å². The summed E-state index contributed by atoms with van der Waals surface area (Å²) in [4.78, 5) is 0. The molecule has 6 heteroatoms. The molecule has 0 N–H and O–H groups in total. The number of rotatable bonds is 5. The number of allylic oxidation sites excluding steroid dienone is 2. The summed E-state index contributed by atoms with van der Waals surface area (Å²) in [6.07, 6.45) is 5.12. The number of hydrogen-bond acceptors (Lipinski definition) is 0. The summed E-state index contributed by atoms with van der Waals surface area (Å²) in [5.41, 5.74) is 11.3. The number of halogens is 2. The molecule has 2 aliphatic carbocycles. The van der Waals surface area contributed by atoms with E-state index in [0.717, 1.165) is 0 Å². The van der Waals surface area contributed by atoms with Crippen LogP contribution in [-0.2, 0) is 15.3 Å². The summed E-state index contributed by atoms with van der Waals surface area (Å²) < 4.78 is 0.461. The van der Waals surface area contributed by atoms with Gasteiger partial charge in [0, 0.05) is 0 Å². The van der Waals surface area contributed by atoms with Crippen molar-refractivity contribution in [2.24, 2.45) is 0 Å². The molecule has 0 bridgehead atoms. The Morgan fingerprint density at radius 1 is 0.611 bits per heavy atom. The Morgan fingerprint density at radius 3 is 1.19 bits per heavy atom. The monoisotopic (exact) mass is 739 g/mol. The second kappa shape index (κ2) is 9.02. The van der Waals surface area contributed by atoms with E-state index < -0.39 is 37.4 Å². The van der Waals surface area contributed by atoms with Crippen molar-refractivity contribution in [2.75, 3.05) is 0 Å². The van der Waals surface area contributed by atoms with Gasteiger partial charge in [-0.15, -0.1) is 0 Å². The van der Waals surface area contributed by atoms with E-state index in [2.05, 4.69) is 116 Å². The molecule has 0 aromatic heterocycles. The fourth-order valence-corrected chi connectivity index (χ4v) is 71.8. The molecule has 0 nitrogen and oxygen atoms in total. The van der Waals surface area contributed by atoms with Crippen LogP contribution < -0.4 is 0 Å². The van der Waals surface area contributed by atoms with Crippen molar-refractivity contribution in [1.29, 1.82) is 0 Å². The average molecular weight is 739 g/mol. The number of hydrogen-bond donors (Lipinski definition) is 0. The van der Waals surface area contributed by atoms with Gasteiger partial charge < -0.3 is 0 Å². The zero-order chi connectivity index (χ0) is 27.2. The van der Waals surface area contributed by atoms with Crippen molar-refractivity contribution >= 4 is 51.4 Å². The molecule has 0 saturated heterocycles. The summed E-state index contributed by atoms with van der Waals surface area (Å²) in [6, 6.07) is 9.23. The van der Waals surface area contributed by atoms with Gasteiger partial charge in [-0.05, 0) is 0 Å². The summed E-state index contributed by atoms with van der Waals surface area (Å²) in [5, 5.41) is 3.23. The summed E-state index contributed by atoms with van der Waals surface area (Å²) in [6.45, 7) is 29.1. The number of fused-ring (bicyclic) bond motifs is 2. The van der Waals surface area contributed by atoms with Crippen LogP contribution >= 0.6 is 17.2 Å². The zero-order valence-electron chi connectivity index (χ0n) is 24.5. The summed E-state index contributed by atoms with van der Waals surface area (Å²) >= 11 is -4.85. The first-order valence-corrected chi connectivity index (χ1v) is 42.7. The Morgan fingerprint density at radius 2 is 0.917 bits per heavy atom. The molecule has 0 saturated carbocycles. The molecule has 2 atom stereocenters. The van der Waals surface area contributed by atoms with Crippen LogP contribution in [0.3, 0.4) is 0 Å². The first-order chi connectivity index (χ1) is 16.3. The van der Waals surface area contributed by atoms with Crippen molar-refractivity contribution in [3.63, 3.8) is 0 Å². The second-order valence-corrected chi connectivity index (χ2v) is 83.4. The quantitative estimate of drug-likeness (QED) is 0.268. The van der Waals surface area contributed by atoms with E-state index in [4.69, 9.17) is 17.2 Å². The zero-order valence-corrected chi connectivity index (χ0v) is 32.7. The predicted molar refractivity (Wildman–Crippen MR) is 171 cm³/mol. The summed E-state index contributed by atoms with van der Waals surface area (Å²) in [7, 11) is 13.9. The third-order valence-electron chi connectivity index (χ3n) is 9.18. The van der Waals surface area contributed by atoms with Gasteiger partial charge in [0.25, 0.3) is 0 Å². The molecule has 0 radical (unpaired) electrons. The average Bonchev–Trinajstić information content (AvgIpc) is 3.36. The molecule has 36 heavy (non-hydrogen) atoms. The fraction of sp³-hybridized carbons (Fsp3) is 0.467. The van der Waals surface area contributed by atoms with Crippen LogP contribution in [0.1, 0.15) is 51.9 Å². The molecule has 0 spiro atoms. The van der Waals surface area contributed by atoms with Gasteiger partial charge in [-0.25, -0.2) is 0 Å². The van der Waals surface area contributed by atoms with E-state index in [9.17, 15) is 0 Å². The van der Waals surface area contributed by atoms with Gasteiger partial charge >= 0.3 is 233 Å². The van der Waals surface area contributed by atoms with Gasteiger partial charge in [-0.3, -0.25) is 0 Å². The van der Waals surface area contributed by atoms with Crippen molar-refractivity contribution < 1.29 is 15.3 Å². The molecule has 0 amide bonds. The van der Waals surface area contributed by atoms with Gasteiger partial charge in [0.15, 0.2) is 0 Å². The first kappa shape index (κ1) is 29.0. The van der Waals surface area contributed by atoms with Gasteiger partial charge in [0.2, 0.25) is 0 Å². The standard InChI is InChI=1S/2C14H19Si.C2H7Si.2ClH.Hf/c2*1-10-6-7-11(2)14-9-12(8-13(10)14)15(3,4)5;1-3-2;;;/h2*6-9H,1-5H3;3H,1-2H3;2*1H;/q;;;;;+2/p-2. The van der Waals surface area contributed by atoms with E-state index in [0.29, 0.717) is 0 Å². The summed E-state index contributed by atoms with van der Waals surface area (Å²) in [5.74, 6) is -1.52. The molecular weight excluding hydrogens is 694 g/mol. The Labute approximate surface area is 231 Å². The maximum atomic E-state index is 8.66. The SMILES string of the molecule is Cc1ccc(C)c2c1C=C([Si](C)(C)C)[CH]2[Hf]([Cl])([Cl])([CH]1C([Si](C)(C)C)=Cc2c(C)ccc(C)c21)[SiH](C)C. The van der Waals surface area contributed by atoms with Crippen LogP contribution in [0.25, 0.3) is 12.2 Å².